The average molecular weight is 701 g/mol. The van der Waals surface area contributed by atoms with Crippen molar-refractivity contribution in [2.24, 2.45) is 7.05 Å². The van der Waals surface area contributed by atoms with E-state index in [0.717, 1.165) is 0 Å². The monoisotopic (exact) mass is 700 g/mol. The molecule has 2 aliphatic rings. The van der Waals surface area contributed by atoms with Gasteiger partial charge in [0.25, 0.3) is 0 Å². The molecule has 0 spiro atoms. The van der Waals surface area contributed by atoms with Crippen LogP contribution in [0.3, 0.4) is 0 Å². The summed E-state index contributed by atoms with van der Waals surface area (Å²) in [5, 5.41) is 0. The lowest BCUT2D eigenvalue weighted by molar-refractivity contribution is -0.659. The molecule has 15 heteroatoms. The summed E-state index contributed by atoms with van der Waals surface area (Å²) in [7, 11) is 1.78. The van der Waals surface area contributed by atoms with Crippen molar-refractivity contribution in [3.05, 3.63) is 24.8 Å². The molecule has 2 saturated heterocycles. The highest BCUT2D eigenvalue weighted by Crippen LogP contribution is 2.19. The van der Waals surface area contributed by atoms with E-state index in [1.165, 1.54) is 15.3 Å². The molecule has 0 radical (unpaired) electrons. The number of imidazole rings is 2. The van der Waals surface area contributed by atoms with Gasteiger partial charge in [0.1, 0.15) is 23.6 Å². The molecule has 2 aliphatic heterocycles. The lowest BCUT2D eigenvalue weighted by Crippen LogP contribution is -3.00. The van der Waals surface area contributed by atoms with Crippen molar-refractivity contribution in [3.8, 4) is 11.6 Å². The Morgan fingerprint density at radius 1 is 0.690 bits per heavy atom. The van der Waals surface area contributed by atoms with E-state index in [1.807, 2.05) is 41.5 Å². The molecule has 14 nitrogen and oxygen atoms in total. The van der Waals surface area contributed by atoms with Gasteiger partial charge in [-0.3, -0.25) is 0 Å². The predicted octanol–water partition coefficient (Wildman–Crippen LogP) is -0.778. The maximum Gasteiger partial charge on any atom is 0.416 e. The van der Waals surface area contributed by atoms with Gasteiger partial charge in [0.2, 0.25) is 5.82 Å². The third kappa shape index (κ3) is 7.72. The lowest BCUT2D eigenvalue weighted by Gasteiger charge is -2.35. The van der Waals surface area contributed by atoms with Crippen LogP contribution in [0.15, 0.2) is 24.8 Å². The van der Waals surface area contributed by atoms with Gasteiger partial charge in [-0.2, -0.15) is 0 Å². The third-order valence-corrected chi connectivity index (χ3v) is 6.66. The van der Waals surface area contributed by atoms with Gasteiger partial charge in [0.15, 0.2) is 0 Å². The Kier molecular flexibility index (Phi) is 10.2. The Hall–Kier alpha value is -3.37. The molecular weight excluding hydrogens is 659 g/mol. The third-order valence-electron chi connectivity index (χ3n) is 6.66. The van der Waals surface area contributed by atoms with E-state index in [9.17, 15) is 19.2 Å². The molecule has 2 aromatic heterocycles. The number of amides is 4. The number of aromatic nitrogens is 4. The van der Waals surface area contributed by atoms with Gasteiger partial charge < -0.3 is 53.1 Å². The van der Waals surface area contributed by atoms with Crippen LogP contribution in [-0.4, -0.2) is 122 Å². The number of piperazine rings is 2. The largest absolute Gasteiger partial charge is 1.00 e. The average Bonchev–Trinajstić information content (AvgIpc) is 3.52. The molecule has 0 atom stereocenters. The molecule has 42 heavy (non-hydrogen) atoms. The van der Waals surface area contributed by atoms with E-state index in [-0.39, 0.29) is 36.0 Å². The van der Waals surface area contributed by atoms with Gasteiger partial charge in [-0.1, -0.05) is 0 Å². The number of carbonyl (C=O) groups excluding carboxylic acids is 4. The highest BCUT2D eigenvalue weighted by molar-refractivity contribution is 5.84. The summed E-state index contributed by atoms with van der Waals surface area (Å²) in [6.07, 6.45) is 5.66. The van der Waals surface area contributed by atoms with E-state index in [2.05, 4.69) is 4.98 Å². The molecule has 2 aromatic rings. The zero-order valence-electron chi connectivity index (χ0n) is 25.4. The van der Waals surface area contributed by atoms with Gasteiger partial charge in [-0.05, 0) is 41.5 Å². The Labute approximate surface area is 263 Å². The van der Waals surface area contributed by atoms with Crippen molar-refractivity contribution in [1.82, 2.24) is 33.7 Å². The van der Waals surface area contributed by atoms with E-state index >= 15 is 0 Å². The molecule has 0 saturated carbocycles. The maximum atomic E-state index is 13.6. The lowest BCUT2D eigenvalue weighted by atomic mass is 10.2. The molecule has 0 N–H and O–H groups in total. The zero-order chi connectivity index (χ0) is 30.1. The van der Waals surface area contributed by atoms with Gasteiger partial charge in [-0.15, -0.1) is 4.57 Å². The van der Waals surface area contributed by atoms with E-state index in [1.54, 1.807) is 49.8 Å². The summed E-state index contributed by atoms with van der Waals surface area (Å²) >= 11 is 0. The van der Waals surface area contributed by atoms with Crippen molar-refractivity contribution in [2.75, 3.05) is 52.4 Å². The zero-order valence-corrected chi connectivity index (χ0v) is 27.5. The van der Waals surface area contributed by atoms with E-state index in [0.29, 0.717) is 64.0 Å². The van der Waals surface area contributed by atoms with E-state index < -0.39 is 23.4 Å². The predicted molar refractivity (Wildman–Crippen MR) is 147 cm³/mol. The number of ether oxygens (including phenoxy) is 2. The molecule has 4 heterocycles. The van der Waals surface area contributed by atoms with Crippen LogP contribution in [0.25, 0.3) is 11.6 Å². The van der Waals surface area contributed by atoms with Gasteiger partial charge >= 0.3 is 30.1 Å². The number of carbonyl (C=O) groups is 4. The number of hydrogen-bond donors (Lipinski definition) is 0. The minimum Gasteiger partial charge on any atom is -1.00 e. The summed E-state index contributed by atoms with van der Waals surface area (Å²) in [6.45, 7) is 13.7. The van der Waals surface area contributed by atoms with Gasteiger partial charge in [0, 0.05) is 64.8 Å². The van der Waals surface area contributed by atoms with Crippen molar-refractivity contribution < 1.29 is 57.2 Å². The summed E-state index contributed by atoms with van der Waals surface area (Å²) < 4.78 is 15.5. The second-order valence-corrected chi connectivity index (χ2v) is 12.2. The van der Waals surface area contributed by atoms with E-state index in [4.69, 9.17) is 9.47 Å². The molecule has 0 bridgehead atoms. The van der Waals surface area contributed by atoms with Crippen molar-refractivity contribution in [3.63, 3.8) is 0 Å². The molecule has 232 valence electrons. The number of nitrogens with zero attached hydrogens (tertiary/aromatic N) is 8. The number of halogens is 1. The number of hydrogen-bond acceptors (Lipinski definition) is 7. The van der Waals surface area contributed by atoms with Crippen LogP contribution in [0.2, 0.25) is 0 Å². The van der Waals surface area contributed by atoms with Crippen molar-refractivity contribution in [2.45, 2.75) is 52.7 Å². The molecule has 0 aliphatic carbocycles. The second kappa shape index (κ2) is 12.9. The first-order valence-corrected chi connectivity index (χ1v) is 13.8. The standard InChI is InChI=1S/C27H41N8O6.HI/c1-26(2,3)40-24(38)32-15-11-30(12-16-32)22(36)34-9-8-28-20(34)21-29(7)10-19-35(21)23(37)31-13-17-33(18-14-31)25(39)41-27(4,5)6;/h8-10,19H,11-18H2,1-7H3;1H/q+1;/p-1. The van der Waals surface area contributed by atoms with Gasteiger partial charge in [0.05, 0.1) is 7.05 Å². The Bertz CT molecular complexity index is 1290. The van der Waals surface area contributed by atoms with Crippen LogP contribution < -0.4 is 28.5 Å². The van der Waals surface area contributed by atoms with Crippen LogP contribution in [0.1, 0.15) is 41.5 Å². The summed E-state index contributed by atoms with van der Waals surface area (Å²) in [5.41, 5.74) is -1.19. The van der Waals surface area contributed by atoms with Crippen LogP contribution >= 0.6 is 0 Å². The molecule has 2 fully saturated rings. The maximum absolute atomic E-state index is 13.6. The SMILES string of the molecule is C[n+]1ccn(C(=O)N2CCN(C(=O)OC(C)(C)C)CC2)c1-c1nccn1C(=O)N1CCN(C(=O)OC(C)(C)C)CC1.[I-]. The topological polar surface area (TPSA) is 126 Å². The Morgan fingerprint density at radius 2 is 1.10 bits per heavy atom. The highest BCUT2D eigenvalue weighted by atomic mass is 127. The Balaban J connectivity index is 0.00000484. The quantitative estimate of drug-likeness (QED) is 0.283. The molecular formula is C27H41IN8O6. The normalized spacial score (nSPS) is 16.2. The molecule has 0 unspecified atom stereocenters. The fourth-order valence-corrected chi connectivity index (χ4v) is 4.64. The highest BCUT2D eigenvalue weighted by Gasteiger charge is 2.36. The Morgan fingerprint density at radius 3 is 1.52 bits per heavy atom. The fourth-order valence-electron chi connectivity index (χ4n) is 4.64. The number of aryl methyl sites for hydroxylation is 1. The number of rotatable bonds is 1. The van der Waals surface area contributed by atoms with Crippen LogP contribution in [0, 0.1) is 0 Å². The summed E-state index contributed by atoms with van der Waals surface area (Å²) in [4.78, 5) is 62.9. The van der Waals surface area contributed by atoms with Crippen molar-refractivity contribution in [1.29, 1.82) is 0 Å². The van der Waals surface area contributed by atoms with Gasteiger partial charge in [-0.25, -0.2) is 33.3 Å². The van der Waals surface area contributed by atoms with Crippen LogP contribution in [0.5, 0.6) is 0 Å². The smallest absolute Gasteiger partial charge is 0.416 e. The first-order chi connectivity index (χ1) is 19.1. The fraction of sp³-hybridized carbons (Fsp3) is 0.630. The minimum absolute atomic E-state index is 0. The first-order valence-electron chi connectivity index (χ1n) is 13.8. The van der Waals surface area contributed by atoms with Crippen LogP contribution in [0.4, 0.5) is 19.2 Å². The van der Waals surface area contributed by atoms with Crippen molar-refractivity contribution >= 4 is 24.2 Å². The summed E-state index contributed by atoms with van der Waals surface area (Å²) in [5.74, 6) is 0.758. The van der Waals surface area contributed by atoms with Crippen LogP contribution in [-0.2, 0) is 16.5 Å². The molecule has 4 rings (SSSR count). The molecule has 0 aromatic carbocycles. The second-order valence-electron chi connectivity index (χ2n) is 12.2. The minimum atomic E-state index is -0.594. The molecule has 4 amide bonds. The summed E-state index contributed by atoms with van der Waals surface area (Å²) in [6, 6.07) is -0.579. The first kappa shape index (κ1) is 33.1.